The Morgan fingerprint density at radius 2 is 1.65 bits per heavy atom. The third-order valence-electron chi connectivity index (χ3n) is 11.6. The highest BCUT2D eigenvalue weighted by Crippen LogP contribution is 2.32. The van der Waals surface area contributed by atoms with E-state index in [2.05, 4.69) is 67.0 Å². The first-order valence-electron chi connectivity index (χ1n) is 22.6. The van der Waals surface area contributed by atoms with E-state index in [9.17, 15) is 19.2 Å². The molecule has 2 aliphatic heterocycles. The van der Waals surface area contributed by atoms with Gasteiger partial charge in [0.25, 0.3) is 0 Å². The Bertz CT molecular complexity index is 2260. The number of aldehydes is 1. The van der Waals surface area contributed by atoms with E-state index in [1.165, 1.54) is 28.2 Å². The first-order chi connectivity index (χ1) is 30.6. The van der Waals surface area contributed by atoms with Gasteiger partial charge in [-0.1, -0.05) is 46.8 Å². The zero-order valence-electron chi connectivity index (χ0n) is 38.0. The van der Waals surface area contributed by atoms with E-state index in [-0.39, 0.29) is 36.0 Å². The molecule has 0 radical (unpaired) electrons. The van der Waals surface area contributed by atoms with Gasteiger partial charge in [0.15, 0.2) is 12.1 Å². The van der Waals surface area contributed by atoms with Crippen molar-refractivity contribution in [2.75, 3.05) is 57.4 Å². The highest BCUT2D eigenvalue weighted by atomic mass is 16.5. The van der Waals surface area contributed by atoms with Gasteiger partial charge in [-0.05, 0) is 80.5 Å². The number of fused-ring (bicyclic) bond motifs is 3. The molecular weight excluding hydrogens is 797 g/mol. The molecule has 2 amide bonds. The molecule has 3 aliphatic rings. The second kappa shape index (κ2) is 24.4. The molecular formula is C50H66N6O7. The molecule has 0 spiro atoms. The number of ketones is 1. The molecule has 2 N–H and O–H groups in total. The highest BCUT2D eigenvalue weighted by Gasteiger charge is 2.23. The molecule has 0 bridgehead atoms. The summed E-state index contributed by atoms with van der Waals surface area (Å²) in [5.41, 5.74) is 6.67. The maximum atomic E-state index is 12.2. The van der Waals surface area contributed by atoms with Gasteiger partial charge in [-0.2, -0.15) is 0 Å². The SMILES string of the molecule is CC.CC(C)C(=O)c1ccc(N2CCN(CCCOCCCO)CC2)cc1C=O.CC1CCC(=O)NC1=O.Cn1c2ccncc2c2ccc(-c3ccc(OC4CCC4)nc3)cc21. The minimum atomic E-state index is -0.141. The fourth-order valence-corrected chi connectivity index (χ4v) is 7.58. The summed E-state index contributed by atoms with van der Waals surface area (Å²) >= 11 is 0. The second-order valence-corrected chi connectivity index (χ2v) is 16.4. The summed E-state index contributed by atoms with van der Waals surface area (Å²) < 4.78 is 13.5. The van der Waals surface area contributed by atoms with Crippen LogP contribution in [-0.2, 0) is 21.4 Å². The van der Waals surface area contributed by atoms with Crippen molar-refractivity contribution in [3.05, 3.63) is 84.3 Å². The van der Waals surface area contributed by atoms with E-state index in [0.717, 1.165) is 87.6 Å². The molecule has 3 fully saturated rings. The lowest BCUT2D eigenvalue weighted by atomic mass is 9.96. The lowest BCUT2D eigenvalue weighted by molar-refractivity contribution is -0.135. The Morgan fingerprint density at radius 1 is 0.905 bits per heavy atom. The van der Waals surface area contributed by atoms with Crippen molar-refractivity contribution in [1.29, 1.82) is 0 Å². The minimum absolute atomic E-state index is 0.00896. The number of nitrogens with one attached hydrogen (secondary N) is 1. The van der Waals surface area contributed by atoms with Gasteiger partial charge in [0.05, 0.1) is 5.52 Å². The number of anilines is 1. The molecule has 13 heteroatoms. The predicted molar refractivity (Wildman–Crippen MR) is 249 cm³/mol. The Morgan fingerprint density at radius 3 is 2.29 bits per heavy atom. The van der Waals surface area contributed by atoms with Gasteiger partial charge in [0, 0.05) is 141 Å². The summed E-state index contributed by atoms with van der Waals surface area (Å²) in [6.07, 6.45) is 13.3. The Kier molecular flexibility index (Phi) is 18.8. The number of ether oxygens (including phenoxy) is 2. The molecule has 2 saturated heterocycles. The Hall–Kier alpha value is -5.50. The van der Waals surface area contributed by atoms with Crippen LogP contribution in [-0.4, -0.2) is 107 Å². The van der Waals surface area contributed by atoms with Crippen molar-refractivity contribution >= 4 is 51.4 Å². The smallest absolute Gasteiger partial charge is 0.229 e. The maximum absolute atomic E-state index is 12.2. The van der Waals surface area contributed by atoms with Crippen molar-refractivity contribution in [3.63, 3.8) is 0 Å². The number of rotatable bonds is 14. The number of aliphatic hydroxyl groups excluding tert-OH is 1. The van der Waals surface area contributed by atoms with Crippen LogP contribution in [0.4, 0.5) is 5.69 Å². The fourth-order valence-electron chi connectivity index (χ4n) is 7.58. The normalized spacial score (nSPS) is 16.5. The number of aryl methyl sites for hydroxylation is 1. The average Bonchev–Trinajstić information content (AvgIpc) is 3.59. The summed E-state index contributed by atoms with van der Waals surface area (Å²) in [7, 11) is 2.10. The number of piperidine rings is 1. The third kappa shape index (κ3) is 13.3. The molecule has 1 atom stereocenters. The van der Waals surface area contributed by atoms with Crippen LogP contribution in [0.15, 0.2) is 73.2 Å². The van der Waals surface area contributed by atoms with Gasteiger partial charge >= 0.3 is 0 Å². The fraction of sp³-hybridized carbons (Fsp3) is 0.480. The number of Topliss-reactive ketones (excluding diaryl/α,β-unsaturated/α-hetero) is 1. The number of carbonyl (C=O) groups is 4. The quantitative estimate of drug-likeness (QED) is 0.0482. The number of amides is 2. The first-order valence-corrected chi connectivity index (χ1v) is 22.6. The molecule has 338 valence electrons. The molecule has 2 aromatic carbocycles. The Balaban J connectivity index is 0.000000193. The van der Waals surface area contributed by atoms with E-state index < -0.39 is 0 Å². The van der Waals surface area contributed by atoms with Crippen LogP contribution in [0.25, 0.3) is 32.9 Å². The van der Waals surface area contributed by atoms with Crippen LogP contribution in [0.2, 0.25) is 0 Å². The number of nitrogens with zero attached hydrogens (tertiary/aromatic N) is 5. The molecule has 1 aliphatic carbocycles. The van der Waals surface area contributed by atoms with Crippen molar-refractivity contribution in [2.24, 2.45) is 18.9 Å². The van der Waals surface area contributed by atoms with E-state index in [4.69, 9.17) is 14.6 Å². The van der Waals surface area contributed by atoms with Crippen molar-refractivity contribution in [2.45, 2.75) is 85.7 Å². The average molecular weight is 863 g/mol. The van der Waals surface area contributed by atoms with Gasteiger partial charge in [-0.15, -0.1) is 0 Å². The number of carbonyl (C=O) groups excluding carboxylic acids is 4. The van der Waals surface area contributed by atoms with Crippen LogP contribution in [0.5, 0.6) is 5.88 Å². The Labute approximate surface area is 372 Å². The molecule has 1 unspecified atom stereocenters. The number of pyridine rings is 2. The zero-order valence-corrected chi connectivity index (χ0v) is 38.0. The minimum Gasteiger partial charge on any atom is -0.474 e. The summed E-state index contributed by atoms with van der Waals surface area (Å²) in [4.78, 5) is 58.3. The number of imide groups is 1. The molecule has 63 heavy (non-hydrogen) atoms. The largest absolute Gasteiger partial charge is 0.474 e. The highest BCUT2D eigenvalue weighted by molar-refractivity contribution is 6.08. The van der Waals surface area contributed by atoms with E-state index in [1.54, 1.807) is 6.07 Å². The molecule has 5 heterocycles. The van der Waals surface area contributed by atoms with E-state index in [0.29, 0.717) is 43.1 Å². The van der Waals surface area contributed by atoms with Crippen LogP contribution in [0.1, 0.15) is 100 Å². The summed E-state index contributed by atoms with van der Waals surface area (Å²) in [5.74, 6) is 0.359. The second-order valence-electron chi connectivity index (χ2n) is 16.4. The van der Waals surface area contributed by atoms with E-state index in [1.807, 2.05) is 71.4 Å². The van der Waals surface area contributed by atoms with Crippen LogP contribution >= 0.6 is 0 Å². The van der Waals surface area contributed by atoms with E-state index >= 15 is 0 Å². The standard InChI is InChI=1S/C21H19N3O.C21H32N2O4.C6H9NO2.C2H6/c1-24-19-9-10-22-13-18(19)17-7-5-14(11-20(17)24)15-6-8-21(23-12-15)25-16-3-2-4-16;1-17(2)21(26)20-6-5-19(15-18(20)16-25)23-10-8-22(9-11-23)7-3-13-27-14-4-12-24;1-4-2-3-5(8)7-6(4)9;1-2/h5-13,16H,2-4H2,1H3;5-6,15-17,24H,3-4,7-14H2,1-2H3;4H,2-3H2,1H3,(H,7,8,9);1-2H3. The summed E-state index contributed by atoms with van der Waals surface area (Å²) in [6.45, 7) is 15.8. The topological polar surface area (TPSA) is 156 Å². The number of aromatic nitrogens is 3. The lowest BCUT2D eigenvalue weighted by Crippen LogP contribution is -2.46. The van der Waals surface area contributed by atoms with Crippen LogP contribution < -0.4 is 15.0 Å². The molecule has 13 nitrogen and oxygen atoms in total. The maximum Gasteiger partial charge on any atom is 0.229 e. The number of piperazine rings is 1. The molecule has 3 aromatic heterocycles. The van der Waals surface area contributed by atoms with Gasteiger partial charge in [-0.3, -0.25) is 34.4 Å². The monoisotopic (exact) mass is 862 g/mol. The van der Waals surface area contributed by atoms with Gasteiger partial charge < -0.3 is 24.0 Å². The number of hydrogen-bond acceptors (Lipinski definition) is 11. The number of hydrogen-bond donors (Lipinski definition) is 2. The first kappa shape index (κ1) is 48.5. The summed E-state index contributed by atoms with van der Waals surface area (Å²) in [6, 6.07) is 18.3. The lowest BCUT2D eigenvalue weighted by Gasteiger charge is -2.36. The molecule has 1 saturated carbocycles. The van der Waals surface area contributed by atoms with Gasteiger partial charge in [0.1, 0.15) is 6.10 Å². The van der Waals surface area contributed by atoms with Gasteiger partial charge in [-0.25, -0.2) is 4.98 Å². The van der Waals surface area contributed by atoms with Crippen molar-refractivity contribution < 1.29 is 33.8 Å². The third-order valence-corrected chi connectivity index (χ3v) is 11.6. The zero-order chi connectivity index (χ0) is 45.3. The number of benzene rings is 2. The van der Waals surface area contributed by atoms with Crippen molar-refractivity contribution in [1.82, 2.24) is 24.8 Å². The number of aliphatic hydroxyl groups is 1. The molecule has 8 rings (SSSR count). The molecule has 5 aromatic rings. The van der Waals surface area contributed by atoms with Crippen LogP contribution in [0.3, 0.4) is 0 Å². The van der Waals surface area contributed by atoms with Crippen molar-refractivity contribution in [3.8, 4) is 17.0 Å². The van der Waals surface area contributed by atoms with Gasteiger partial charge in [0.2, 0.25) is 17.7 Å². The van der Waals surface area contributed by atoms with Crippen LogP contribution in [0, 0.1) is 11.8 Å². The summed E-state index contributed by atoms with van der Waals surface area (Å²) in [5, 5.41) is 13.4. The predicted octanol–water partition coefficient (Wildman–Crippen LogP) is 8.05.